The van der Waals surface area contributed by atoms with Crippen LogP contribution in [0.15, 0.2) is 35.2 Å². The molecule has 2 N–H and O–H groups in total. The summed E-state index contributed by atoms with van der Waals surface area (Å²) in [6.07, 6.45) is 2.70. The first kappa shape index (κ1) is 25.8. The third-order valence-corrected chi connectivity index (χ3v) is 9.38. The van der Waals surface area contributed by atoms with Crippen molar-refractivity contribution >= 4 is 15.7 Å². The van der Waals surface area contributed by atoms with Crippen LogP contribution in [-0.4, -0.2) is 56.3 Å². The molecule has 3 aliphatic rings. The quantitative estimate of drug-likeness (QED) is 0.543. The van der Waals surface area contributed by atoms with Gasteiger partial charge in [-0.05, 0) is 61.8 Å². The van der Waals surface area contributed by atoms with Gasteiger partial charge in [-0.15, -0.1) is 0 Å². The van der Waals surface area contributed by atoms with E-state index < -0.39 is 33.3 Å². The van der Waals surface area contributed by atoms with Crippen LogP contribution in [0.5, 0.6) is 11.5 Å². The van der Waals surface area contributed by atoms with E-state index in [0.717, 1.165) is 18.9 Å². The van der Waals surface area contributed by atoms with Crippen LogP contribution in [0.4, 0.5) is 13.2 Å². The molecule has 7 nitrogen and oxygen atoms in total. The molecule has 3 aliphatic heterocycles. The van der Waals surface area contributed by atoms with Crippen molar-refractivity contribution in [1.29, 1.82) is 0 Å². The molecule has 2 aromatic carbocycles. The number of carbonyl (C=O) groups is 1. The van der Waals surface area contributed by atoms with E-state index in [9.17, 15) is 26.4 Å². The van der Waals surface area contributed by atoms with Crippen molar-refractivity contribution in [2.45, 2.75) is 61.5 Å². The van der Waals surface area contributed by atoms with E-state index in [1.807, 2.05) is 0 Å². The fourth-order valence-corrected chi connectivity index (χ4v) is 7.04. The summed E-state index contributed by atoms with van der Waals surface area (Å²) in [6, 6.07) is 5.20. The second-order valence-corrected chi connectivity index (χ2v) is 12.1. The highest BCUT2D eigenvalue weighted by atomic mass is 32.2. The fraction of sp³-hybridized carbons (Fsp3) is 0.500. The molecule has 1 amide bonds. The van der Waals surface area contributed by atoms with Crippen molar-refractivity contribution in [2.24, 2.45) is 11.7 Å². The largest absolute Gasteiger partial charge is 0.486 e. The Morgan fingerprint density at radius 1 is 0.973 bits per heavy atom. The molecule has 3 atom stereocenters. The van der Waals surface area contributed by atoms with E-state index in [1.165, 1.54) is 12.1 Å². The zero-order valence-electron chi connectivity index (χ0n) is 20.2. The zero-order chi connectivity index (χ0) is 26.3. The summed E-state index contributed by atoms with van der Waals surface area (Å²) in [6.45, 7) is 0.742. The molecule has 2 fully saturated rings. The molecule has 0 aliphatic carbocycles. The Kier molecular flexibility index (Phi) is 7.10. The van der Waals surface area contributed by atoms with Crippen molar-refractivity contribution in [3.63, 3.8) is 0 Å². The standard InChI is InChI=1S/C26H29F3N2O5S/c27-20-14-22(29)21(28)11-15(20)12-23(30)16-9-17-1-2-18(10-16)31(17)26(32)5-8-37(33,34)19-3-4-24-25(13-19)36-7-6-35-24/h3-4,11,13-14,16-18,23H,1-2,5-10,12,30H2/t16?,17?,18?,23-/m1/s1. The van der Waals surface area contributed by atoms with Crippen molar-refractivity contribution in [3.8, 4) is 11.5 Å². The highest BCUT2D eigenvalue weighted by molar-refractivity contribution is 7.91. The van der Waals surface area contributed by atoms with Crippen LogP contribution < -0.4 is 15.2 Å². The lowest BCUT2D eigenvalue weighted by molar-refractivity contribution is -0.136. The van der Waals surface area contributed by atoms with E-state index in [0.29, 0.717) is 43.6 Å². The molecule has 5 rings (SSSR count). The van der Waals surface area contributed by atoms with Crippen LogP contribution in [0.2, 0.25) is 0 Å². The second kappa shape index (κ2) is 10.2. The summed E-state index contributed by atoms with van der Waals surface area (Å²) < 4.78 is 77.7. The van der Waals surface area contributed by atoms with Crippen LogP contribution in [0, 0.1) is 23.4 Å². The van der Waals surface area contributed by atoms with Crippen LogP contribution >= 0.6 is 0 Å². The molecule has 0 radical (unpaired) electrons. The van der Waals surface area contributed by atoms with Gasteiger partial charge in [0.1, 0.15) is 19.0 Å². The van der Waals surface area contributed by atoms with E-state index in [1.54, 1.807) is 11.0 Å². The van der Waals surface area contributed by atoms with Crippen LogP contribution in [0.25, 0.3) is 0 Å². The molecule has 2 bridgehead atoms. The maximum absolute atomic E-state index is 14.1. The van der Waals surface area contributed by atoms with Crippen molar-refractivity contribution in [3.05, 3.63) is 53.3 Å². The Labute approximate surface area is 213 Å². The molecule has 0 spiro atoms. The number of amides is 1. The minimum Gasteiger partial charge on any atom is -0.486 e. The molecule has 0 aromatic heterocycles. The lowest BCUT2D eigenvalue weighted by atomic mass is 9.82. The molecular weight excluding hydrogens is 509 g/mol. The molecule has 11 heteroatoms. The molecule has 37 heavy (non-hydrogen) atoms. The first-order valence-corrected chi connectivity index (χ1v) is 14.1. The first-order valence-electron chi connectivity index (χ1n) is 12.4. The van der Waals surface area contributed by atoms with Gasteiger partial charge in [0.15, 0.2) is 33.0 Å². The number of hydrogen-bond donors (Lipinski definition) is 1. The van der Waals surface area contributed by atoms with E-state index in [4.69, 9.17) is 15.2 Å². The van der Waals surface area contributed by atoms with Crippen LogP contribution in [0.3, 0.4) is 0 Å². The van der Waals surface area contributed by atoms with Crippen LogP contribution in [-0.2, 0) is 21.1 Å². The van der Waals surface area contributed by atoms with Gasteiger partial charge < -0.3 is 20.1 Å². The first-order chi connectivity index (χ1) is 17.6. The van der Waals surface area contributed by atoms with Gasteiger partial charge in [-0.1, -0.05) is 0 Å². The predicted octanol–water partition coefficient (Wildman–Crippen LogP) is 3.38. The minimum atomic E-state index is -3.71. The predicted molar refractivity (Wildman–Crippen MR) is 128 cm³/mol. The van der Waals surface area contributed by atoms with Crippen molar-refractivity contribution < 1.29 is 35.9 Å². The van der Waals surface area contributed by atoms with E-state index in [-0.39, 0.29) is 53.0 Å². The summed E-state index contributed by atoms with van der Waals surface area (Å²) in [4.78, 5) is 15.0. The summed E-state index contributed by atoms with van der Waals surface area (Å²) in [7, 11) is -3.71. The number of piperidine rings is 1. The SMILES string of the molecule is N[C@H](Cc1cc(F)c(F)cc1F)C1CC2CCC(C1)N2C(=O)CCS(=O)(=O)c1ccc2c(c1)OCCO2. The Morgan fingerprint density at radius 2 is 1.62 bits per heavy atom. The highest BCUT2D eigenvalue weighted by Crippen LogP contribution is 2.41. The molecule has 2 aromatic rings. The lowest BCUT2D eigenvalue weighted by Crippen LogP contribution is -2.50. The maximum Gasteiger partial charge on any atom is 0.224 e. The molecular formula is C26H29F3N2O5S. The molecule has 0 saturated carbocycles. The van der Waals surface area contributed by atoms with Gasteiger partial charge in [0.2, 0.25) is 5.91 Å². The number of nitrogens with zero attached hydrogens (tertiary/aromatic N) is 1. The Morgan fingerprint density at radius 3 is 2.32 bits per heavy atom. The monoisotopic (exact) mass is 538 g/mol. The number of fused-ring (bicyclic) bond motifs is 3. The van der Waals surface area contributed by atoms with E-state index in [2.05, 4.69) is 0 Å². The normalized spacial score (nSPS) is 23.7. The summed E-state index contributed by atoms with van der Waals surface area (Å²) in [5.74, 6) is -2.87. The molecule has 3 heterocycles. The number of nitrogens with two attached hydrogens (primary N) is 1. The van der Waals surface area contributed by atoms with Gasteiger partial charge in [-0.25, -0.2) is 21.6 Å². The van der Waals surface area contributed by atoms with Gasteiger partial charge in [-0.2, -0.15) is 0 Å². The van der Waals surface area contributed by atoms with Gasteiger partial charge in [0.05, 0.1) is 10.6 Å². The number of hydrogen-bond acceptors (Lipinski definition) is 6. The zero-order valence-corrected chi connectivity index (χ0v) is 21.0. The molecule has 2 unspecified atom stereocenters. The molecule has 2 saturated heterocycles. The summed E-state index contributed by atoms with van der Waals surface area (Å²) in [5.41, 5.74) is 6.38. The summed E-state index contributed by atoms with van der Waals surface area (Å²) in [5, 5.41) is 0. The van der Waals surface area contributed by atoms with Gasteiger partial charge in [0, 0.05) is 36.7 Å². The Hall–Kier alpha value is -2.79. The third kappa shape index (κ3) is 5.29. The number of benzene rings is 2. The fourth-order valence-electron chi connectivity index (χ4n) is 5.80. The number of sulfone groups is 1. The van der Waals surface area contributed by atoms with Crippen molar-refractivity contribution in [2.75, 3.05) is 19.0 Å². The number of carbonyl (C=O) groups excluding carboxylic acids is 1. The van der Waals surface area contributed by atoms with Crippen molar-refractivity contribution in [1.82, 2.24) is 4.90 Å². The van der Waals surface area contributed by atoms with Crippen LogP contribution in [0.1, 0.15) is 37.7 Å². The average Bonchev–Trinajstić information content (AvgIpc) is 3.14. The van der Waals surface area contributed by atoms with Gasteiger partial charge >= 0.3 is 0 Å². The van der Waals surface area contributed by atoms with Gasteiger partial charge in [0.25, 0.3) is 0 Å². The number of ether oxygens (including phenoxy) is 2. The lowest BCUT2D eigenvalue weighted by Gasteiger charge is -2.41. The number of rotatable bonds is 7. The molecule has 200 valence electrons. The summed E-state index contributed by atoms with van der Waals surface area (Å²) >= 11 is 0. The Bertz CT molecular complexity index is 1290. The third-order valence-electron chi connectivity index (χ3n) is 7.67. The number of halogens is 3. The highest BCUT2D eigenvalue weighted by Gasteiger charge is 2.44. The second-order valence-electron chi connectivity index (χ2n) is 10.0. The van der Waals surface area contributed by atoms with Gasteiger partial charge in [-0.3, -0.25) is 4.79 Å². The Balaban J connectivity index is 1.19. The van der Waals surface area contributed by atoms with E-state index >= 15 is 0 Å². The maximum atomic E-state index is 14.1. The average molecular weight is 539 g/mol. The smallest absolute Gasteiger partial charge is 0.224 e. The topological polar surface area (TPSA) is 98.9 Å². The minimum absolute atomic E-state index is 0.0180.